The van der Waals surface area contributed by atoms with Crippen LogP contribution < -0.4 is 21.2 Å². The van der Waals surface area contributed by atoms with E-state index in [1.54, 1.807) is 36.4 Å². The molecule has 0 saturated carbocycles. The Morgan fingerprint density at radius 1 is 1.11 bits per heavy atom. The summed E-state index contributed by atoms with van der Waals surface area (Å²) >= 11 is 0.751. The van der Waals surface area contributed by atoms with Crippen molar-refractivity contribution in [3.8, 4) is 11.4 Å². The topological polar surface area (TPSA) is 154 Å². The third kappa shape index (κ3) is 6.09. The van der Waals surface area contributed by atoms with E-state index in [2.05, 4.69) is 20.9 Å². The minimum atomic E-state index is -0.798. The monoisotopic (exact) mass is 494 g/mol. The highest BCUT2D eigenvalue weighted by Gasteiger charge is 2.33. The number of carbonyl (C=O) groups is 4. The normalized spacial score (nSPS) is 15.3. The van der Waals surface area contributed by atoms with E-state index in [0.717, 1.165) is 16.4 Å². The smallest absolute Gasteiger partial charge is 0.350 e. The number of imide groups is 1. The zero-order valence-electron chi connectivity index (χ0n) is 18.0. The van der Waals surface area contributed by atoms with E-state index >= 15 is 0 Å². The van der Waals surface area contributed by atoms with Crippen molar-refractivity contribution >= 4 is 41.0 Å². The Balaban J connectivity index is 1.26. The van der Waals surface area contributed by atoms with E-state index in [-0.39, 0.29) is 18.7 Å². The maximum atomic E-state index is 12.4. The van der Waals surface area contributed by atoms with Crippen LogP contribution in [-0.4, -0.2) is 48.8 Å². The summed E-state index contributed by atoms with van der Waals surface area (Å²) in [5.74, 6) is -1.45. The minimum absolute atomic E-state index is 0.232. The molecule has 2 heterocycles. The number of benzene rings is 2. The third-order valence-electron chi connectivity index (χ3n) is 4.69. The van der Waals surface area contributed by atoms with E-state index in [0.29, 0.717) is 11.3 Å². The highest BCUT2D eigenvalue weighted by atomic mass is 32.2. The van der Waals surface area contributed by atoms with Crippen LogP contribution in [0.4, 0.5) is 4.79 Å². The highest BCUT2D eigenvalue weighted by molar-refractivity contribution is 8.15. The standard InChI is InChI=1S/C22H18N6O6S/c29-18(12-28-22(33)27(13-24-28)15-4-2-1-3-5-15)26-23-11-14-6-8-16(9-7-14)34-19(30)10-17-20(31)25-21(32)35-17/h1-9,11,13,17H,10,12H2,(H,26,29)(H,25,31,32)/b23-11-/t17-/m0/s1. The average Bonchev–Trinajstić information content (AvgIpc) is 3.35. The molecule has 35 heavy (non-hydrogen) atoms. The molecule has 2 N–H and O–H groups in total. The summed E-state index contributed by atoms with van der Waals surface area (Å²) in [4.78, 5) is 59.2. The summed E-state index contributed by atoms with van der Waals surface area (Å²) in [5, 5.41) is 8.61. The van der Waals surface area contributed by atoms with Crippen molar-refractivity contribution in [1.29, 1.82) is 0 Å². The lowest BCUT2D eigenvalue weighted by atomic mass is 10.2. The molecule has 3 amide bonds. The van der Waals surface area contributed by atoms with Gasteiger partial charge in [-0.25, -0.2) is 19.5 Å². The highest BCUT2D eigenvalue weighted by Crippen LogP contribution is 2.23. The maximum absolute atomic E-state index is 12.4. The Kier molecular flexibility index (Phi) is 7.16. The van der Waals surface area contributed by atoms with E-state index in [1.807, 2.05) is 6.07 Å². The van der Waals surface area contributed by atoms with Gasteiger partial charge >= 0.3 is 11.7 Å². The summed E-state index contributed by atoms with van der Waals surface area (Å²) in [6.45, 7) is -0.312. The van der Waals surface area contributed by atoms with Crippen LogP contribution in [0.1, 0.15) is 12.0 Å². The molecular formula is C22H18N6O6S. The van der Waals surface area contributed by atoms with Crippen LogP contribution in [-0.2, 0) is 20.9 Å². The van der Waals surface area contributed by atoms with Gasteiger partial charge in [-0.3, -0.25) is 24.5 Å². The van der Waals surface area contributed by atoms with Crippen LogP contribution in [0.3, 0.4) is 0 Å². The molecule has 1 aliphatic heterocycles. The Morgan fingerprint density at radius 3 is 2.54 bits per heavy atom. The molecule has 1 atom stereocenters. The van der Waals surface area contributed by atoms with E-state index in [4.69, 9.17) is 4.74 Å². The molecule has 178 valence electrons. The first-order valence-corrected chi connectivity index (χ1v) is 11.1. The molecule has 1 aliphatic rings. The fraction of sp³-hybridized carbons (Fsp3) is 0.136. The lowest BCUT2D eigenvalue weighted by molar-refractivity contribution is -0.135. The molecule has 1 fully saturated rings. The molecule has 1 saturated heterocycles. The number of hydrazone groups is 1. The number of para-hydroxylation sites is 1. The predicted octanol–water partition coefficient (Wildman–Crippen LogP) is 0.831. The van der Waals surface area contributed by atoms with Gasteiger partial charge in [-0.05, 0) is 42.0 Å². The minimum Gasteiger partial charge on any atom is -0.426 e. The zero-order valence-corrected chi connectivity index (χ0v) is 18.8. The molecule has 3 aromatic rings. The second kappa shape index (κ2) is 10.6. The molecule has 0 unspecified atom stereocenters. The number of aromatic nitrogens is 3. The van der Waals surface area contributed by atoms with Gasteiger partial charge in [0.1, 0.15) is 23.9 Å². The Bertz CT molecular complexity index is 1350. The Hall–Kier alpha value is -4.52. The van der Waals surface area contributed by atoms with Gasteiger partial charge in [0.15, 0.2) is 0 Å². The van der Waals surface area contributed by atoms with Crippen LogP contribution in [0.5, 0.6) is 5.75 Å². The summed E-state index contributed by atoms with van der Waals surface area (Å²) in [6.07, 6.45) is 2.48. The first-order valence-electron chi connectivity index (χ1n) is 10.2. The van der Waals surface area contributed by atoms with Crippen molar-refractivity contribution in [2.45, 2.75) is 18.2 Å². The molecule has 0 spiro atoms. The van der Waals surface area contributed by atoms with Crippen molar-refractivity contribution in [3.63, 3.8) is 0 Å². The number of ether oxygens (including phenoxy) is 1. The summed E-state index contributed by atoms with van der Waals surface area (Å²) < 4.78 is 7.51. The number of hydrogen-bond acceptors (Lipinski definition) is 9. The van der Waals surface area contributed by atoms with Crippen LogP contribution in [0.25, 0.3) is 5.69 Å². The number of amides is 3. The molecule has 0 bridgehead atoms. The second-order valence-electron chi connectivity index (χ2n) is 7.20. The number of nitrogens with one attached hydrogen (secondary N) is 2. The predicted molar refractivity (Wildman–Crippen MR) is 125 cm³/mol. The van der Waals surface area contributed by atoms with E-state index in [1.165, 1.54) is 29.2 Å². The van der Waals surface area contributed by atoms with Gasteiger partial charge in [-0.1, -0.05) is 30.0 Å². The molecule has 1 aromatic heterocycles. The van der Waals surface area contributed by atoms with Crippen LogP contribution in [0.2, 0.25) is 0 Å². The van der Waals surface area contributed by atoms with Gasteiger partial charge in [0.25, 0.3) is 11.1 Å². The Labute approximate surface area is 202 Å². The van der Waals surface area contributed by atoms with Gasteiger partial charge in [0.2, 0.25) is 5.91 Å². The summed E-state index contributed by atoms with van der Waals surface area (Å²) in [6, 6.07) is 15.1. The summed E-state index contributed by atoms with van der Waals surface area (Å²) in [7, 11) is 0. The largest absolute Gasteiger partial charge is 0.426 e. The molecule has 4 rings (SSSR count). The first-order chi connectivity index (χ1) is 16.9. The molecule has 12 nitrogen and oxygen atoms in total. The van der Waals surface area contributed by atoms with Crippen molar-refractivity contribution in [2.75, 3.05) is 0 Å². The van der Waals surface area contributed by atoms with E-state index in [9.17, 15) is 24.0 Å². The average molecular weight is 494 g/mol. The SMILES string of the molecule is O=C(Cn1ncn(-c2ccccc2)c1=O)N/N=C\c1ccc(OC(=O)C[C@@H]2SC(=O)NC2=O)cc1. The number of esters is 1. The molecule has 13 heteroatoms. The van der Waals surface area contributed by atoms with Crippen molar-refractivity contribution in [1.82, 2.24) is 25.1 Å². The van der Waals surface area contributed by atoms with E-state index < -0.39 is 34.0 Å². The number of nitrogens with zero attached hydrogens (tertiary/aromatic N) is 4. The fourth-order valence-corrected chi connectivity index (χ4v) is 3.84. The molecular weight excluding hydrogens is 476 g/mol. The number of rotatable bonds is 8. The molecule has 0 radical (unpaired) electrons. The van der Waals surface area contributed by atoms with Crippen LogP contribution >= 0.6 is 11.8 Å². The van der Waals surface area contributed by atoms with Gasteiger partial charge in [0, 0.05) is 0 Å². The first kappa shape index (κ1) is 23.6. The number of thioether (sulfide) groups is 1. The van der Waals surface area contributed by atoms with Crippen molar-refractivity contribution in [2.24, 2.45) is 5.10 Å². The van der Waals surface area contributed by atoms with Gasteiger partial charge in [-0.2, -0.15) is 10.2 Å². The van der Waals surface area contributed by atoms with Gasteiger partial charge in [0.05, 0.1) is 18.3 Å². The molecule has 2 aromatic carbocycles. The second-order valence-corrected chi connectivity index (χ2v) is 8.38. The number of carbonyl (C=O) groups excluding carboxylic acids is 4. The van der Waals surface area contributed by atoms with Gasteiger partial charge < -0.3 is 4.74 Å². The zero-order chi connectivity index (χ0) is 24.8. The lowest BCUT2D eigenvalue weighted by Gasteiger charge is -2.06. The van der Waals surface area contributed by atoms with Gasteiger partial charge in [-0.15, -0.1) is 0 Å². The molecule has 0 aliphatic carbocycles. The van der Waals surface area contributed by atoms with Crippen molar-refractivity contribution in [3.05, 3.63) is 77.0 Å². The fourth-order valence-electron chi connectivity index (χ4n) is 3.04. The van der Waals surface area contributed by atoms with Crippen LogP contribution in [0, 0.1) is 0 Å². The van der Waals surface area contributed by atoms with Crippen molar-refractivity contribution < 1.29 is 23.9 Å². The summed E-state index contributed by atoms with van der Waals surface area (Å²) in [5.41, 5.74) is 3.10. The lowest BCUT2D eigenvalue weighted by Crippen LogP contribution is -2.31. The maximum Gasteiger partial charge on any atom is 0.350 e. The number of hydrogen-bond donors (Lipinski definition) is 2. The Morgan fingerprint density at radius 2 is 1.86 bits per heavy atom. The third-order valence-corrected chi connectivity index (χ3v) is 5.68. The quantitative estimate of drug-likeness (QED) is 0.202. The van der Waals surface area contributed by atoms with Crippen LogP contribution in [0.15, 0.2) is 70.8 Å².